The largest absolute Gasteiger partial charge is 0.377 e. The predicted octanol–water partition coefficient (Wildman–Crippen LogP) is 2.42. The zero-order chi connectivity index (χ0) is 14.5. The number of amides is 1. The third-order valence-electron chi connectivity index (χ3n) is 3.37. The van der Waals surface area contributed by atoms with Gasteiger partial charge >= 0.3 is 0 Å². The van der Waals surface area contributed by atoms with Gasteiger partial charge in [-0.05, 0) is 31.9 Å². The Kier molecular flexibility index (Phi) is 5.20. The number of nitrogens with zero attached hydrogens (tertiary/aromatic N) is 2. The van der Waals surface area contributed by atoms with Crippen molar-refractivity contribution in [3.63, 3.8) is 0 Å². The quantitative estimate of drug-likeness (QED) is 0.927. The fourth-order valence-electron chi connectivity index (χ4n) is 2.38. The minimum atomic E-state index is -0.128. The van der Waals surface area contributed by atoms with Crippen LogP contribution < -0.4 is 5.32 Å². The molecule has 5 nitrogen and oxygen atoms in total. The van der Waals surface area contributed by atoms with E-state index in [-0.39, 0.29) is 12.0 Å². The van der Waals surface area contributed by atoms with E-state index in [0.29, 0.717) is 29.7 Å². The van der Waals surface area contributed by atoms with Crippen LogP contribution in [0.25, 0.3) is 0 Å². The number of piperidine rings is 1. The molecule has 2 heterocycles. The lowest BCUT2D eigenvalue weighted by Gasteiger charge is -2.32. The number of ether oxygens (including phenoxy) is 1. The highest BCUT2D eigenvalue weighted by Gasteiger charge is 2.26. The maximum atomic E-state index is 12.5. The number of aromatic nitrogens is 1. The summed E-state index contributed by atoms with van der Waals surface area (Å²) < 4.78 is 5.61. The third-order valence-corrected chi connectivity index (χ3v) is 3.68. The van der Waals surface area contributed by atoms with Gasteiger partial charge in [0.25, 0.3) is 5.91 Å². The summed E-state index contributed by atoms with van der Waals surface area (Å²) in [6.07, 6.45) is 2.05. The Bertz CT molecular complexity index is 479. The van der Waals surface area contributed by atoms with Crippen molar-refractivity contribution in [1.82, 2.24) is 9.88 Å². The van der Waals surface area contributed by atoms with E-state index in [9.17, 15) is 4.79 Å². The molecule has 1 atom stereocenters. The molecule has 0 bridgehead atoms. The lowest BCUT2D eigenvalue weighted by molar-refractivity contribution is 0.00704. The molecule has 1 aromatic heterocycles. The van der Waals surface area contributed by atoms with Crippen LogP contribution in [0.5, 0.6) is 0 Å². The van der Waals surface area contributed by atoms with Crippen LogP contribution in [0.2, 0.25) is 5.02 Å². The van der Waals surface area contributed by atoms with Crippen molar-refractivity contribution in [1.29, 1.82) is 0 Å². The number of carbonyl (C=O) groups excluding carboxylic acids is 1. The van der Waals surface area contributed by atoms with Crippen LogP contribution in [0.1, 0.15) is 30.3 Å². The second-order valence-corrected chi connectivity index (χ2v) is 5.15. The van der Waals surface area contributed by atoms with E-state index >= 15 is 0 Å². The van der Waals surface area contributed by atoms with Gasteiger partial charge in [0.2, 0.25) is 0 Å². The summed E-state index contributed by atoms with van der Waals surface area (Å²) >= 11 is 6.10. The Hall–Kier alpha value is -1.33. The highest BCUT2D eigenvalue weighted by atomic mass is 35.5. The number of nitrogens with one attached hydrogen (secondary N) is 1. The van der Waals surface area contributed by atoms with Crippen LogP contribution in [0, 0.1) is 0 Å². The monoisotopic (exact) mass is 297 g/mol. The highest BCUT2D eigenvalue weighted by Crippen LogP contribution is 2.21. The first-order valence-corrected chi connectivity index (χ1v) is 7.28. The SMILES string of the molecule is CCOC1CCCN(C(=O)c2nc(NC)ccc2Cl)C1. The summed E-state index contributed by atoms with van der Waals surface area (Å²) in [5.41, 5.74) is 0.302. The van der Waals surface area contributed by atoms with Crippen LogP contribution in [0.4, 0.5) is 5.82 Å². The number of likely N-dealkylation sites (tertiary alicyclic amines) is 1. The van der Waals surface area contributed by atoms with E-state index in [1.807, 2.05) is 6.92 Å². The Morgan fingerprint density at radius 2 is 2.40 bits per heavy atom. The fourth-order valence-corrected chi connectivity index (χ4v) is 2.56. The molecule has 1 aromatic rings. The van der Waals surface area contributed by atoms with Gasteiger partial charge in [0.1, 0.15) is 11.5 Å². The summed E-state index contributed by atoms with van der Waals surface area (Å²) in [5, 5.41) is 3.30. The average Bonchev–Trinajstić information content (AvgIpc) is 2.48. The van der Waals surface area contributed by atoms with Gasteiger partial charge in [0, 0.05) is 26.7 Å². The van der Waals surface area contributed by atoms with Crippen molar-refractivity contribution in [3.05, 3.63) is 22.8 Å². The Balaban J connectivity index is 2.14. The molecule has 1 N–H and O–H groups in total. The molecule has 1 aliphatic heterocycles. The third kappa shape index (κ3) is 3.41. The normalized spacial score (nSPS) is 18.9. The lowest BCUT2D eigenvalue weighted by atomic mass is 10.1. The molecule has 110 valence electrons. The van der Waals surface area contributed by atoms with Crippen molar-refractivity contribution in [2.45, 2.75) is 25.9 Å². The minimum absolute atomic E-state index is 0.115. The van der Waals surface area contributed by atoms with Gasteiger partial charge in [-0.3, -0.25) is 4.79 Å². The van der Waals surface area contributed by atoms with E-state index in [2.05, 4.69) is 10.3 Å². The zero-order valence-corrected chi connectivity index (χ0v) is 12.6. The van der Waals surface area contributed by atoms with Crippen molar-refractivity contribution in [2.24, 2.45) is 0 Å². The van der Waals surface area contributed by atoms with Crippen LogP contribution in [0.15, 0.2) is 12.1 Å². The van der Waals surface area contributed by atoms with Gasteiger partial charge in [-0.25, -0.2) is 4.98 Å². The standard InChI is InChI=1S/C14H20ClN3O2/c1-3-20-10-5-4-8-18(9-10)14(19)13-11(15)6-7-12(16-2)17-13/h6-7,10H,3-5,8-9H2,1-2H3,(H,16,17). The topological polar surface area (TPSA) is 54.5 Å². The lowest BCUT2D eigenvalue weighted by Crippen LogP contribution is -2.43. The molecule has 6 heteroatoms. The number of halogens is 1. The first kappa shape index (κ1) is 15.1. The van der Waals surface area contributed by atoms with Crippen LogP contribution in [0.3, 0.4) is 0 Å². The van der Waals surface area contributed by atoms with Gasteiger partial charge in [0.15, 0.2) is 0 Å². The Morgan fingerprint density at radius 1 is 1.60 bits per heavy atom. The molecule has 1 amide bonds. The zero-order valence-electron chi connectivity index (χ0n) is 11.9. The smallest absolute Gasteiger partial charge is 0.274 e. The molecular formula is C14H20ClN3O2. The number of pyridine rings is 1. The Labute approximate surface area is 124 Å². The second-order valence-electron chi connectivity index (χ2n) is 4.75. The highest BCUT2D eigenvalue weighted by molar-refractivity contribution is 6.33. The summed E-state index contributed by atoms with van der Waals surface area (Å²) in [6.45, 7) is 3.97. The molecule has 0 radical (unpaired) electrons. The van der Waals surface area contributed by atoms with Crippen LogP contribution in [-0.4, -0.2) is 48.6 Å². The van der Waals surface area contributed by atoms with E-state index in [0.717, 1.165) is 19.4 Å². The maximum absolute atomic E-state index is 12.5. The first-order valence-electron chi connectivity index (χ1n) is 6.91. The van der Waals surface area contributed by atoms with E-state index in [1.54, 1.807) is 24.1 Å². The van der Waals surface area contributed by atoms with Gasteiger partial charge < -0.3 is 15.0 Å². The van der Waals surface area contributed by atoms with Crippen molar-refractivity contribution in [3.8, 4) is 0 Å². The summed E-state index contributed by atoms with van der Waals surface area (Å²) in [5.74, 6) is 0.507. The molecule has 1 saturated heterocycles. The van der Waals surface area contributed by atoms with Crippen molar-refractivity contribution in [2.75, 3.05) is 32.1 Å². The van der Waals surface area contributed by atoms with E-state index in [1.165, 1.54) is 0 Å². The van der Waals surface area contributed by atoms with Gasteiger partial charge in [-0.2, -0.15) is 0 Å². The molecule has 2 rings (SSSR count). The summed E-state index contributed by atoms with van der Waals surface area (Å²) in [4.78, 5) is 18.6. The number of hydrogen-bond donors (Lipinski definition) is 1. The van der Waals surface area contributed by atoms with E-state index < -0.39 is 0 Å². The Morgan fingerprint density at radius 3 is 3.10 bits per heavy atom. The number of hydrogen-bond acceptors (Lipinski definition) is 4. The van der Waals surface area contributed by atoms with Crippen LogP contribution in [-0.2, 0) is 4.74 Å². The maximum Gasteiger partial charge on any atom is 0.274 e. The molecule has 0 aromatic carbocycles. The molecule has 0 aliphatic carbocycles. The van der Waals surface area contributed by atoms with Gasteiger partial charge in [0.05, 0.1) is 11.1 Å². The minimum Gasteiger partial charge on any atom is -0.377 e. The molecule has 1 fully saturated rings. The average molecular weight is 298 g/mol. The van der Waals surface area contributed by atoms with Gasteiger partial charge in [-0.15, -0.1) is 0 Å². The summed E-state index contributed by atoms with van der Waals surface area (Å²) in [7, 11) is 1.76. The number of anilines is 1. The molecule has 20 heavy (non-hydrogen) atoms. The molecule has 1 aliphatic rings. The first-order chi connectivity index (χ1) is 9.65. The second kappa shape index (κ2) is 6.90. The molecule has 0 spiro atoms. The molecule has 0 saturated carbocycles. The van der Waals surface area contributed by atoms with Crippen molar-refractivity contribution >= 4 is 23.3 Å². The molecule has 1 unspecified atom stereocenters. The van der Waals surface area contributed by atoms with Crippen molar-refractivity contribution < 1.29 is 9.53 Å². The number of rotatable bonds is 4. The molecular weight excluding hydrogens is 278 g/mol. The van der Waals surface area contributed by atoms with Crippen LogP contribution >= 0.6 is 11.6 Å². The number of carbonyl (C=O) groups is 1. The predicted molar refractivity (Wildman–Crippen MR) is 79.3 cm³/mol. The summed E-state index contributed by atoms with van der Waals surface area (Å²) in [6, 6.07) is 3.44. The van der Waals surface area contributed by atoms with Gasteiger partial charge in [-0.1, -0.05) is 11.6 Å². The van der Waals surface area contributed by atoms with E-state index in [4.69, 9.17) is 16.3 Å². The fraction of sp³-hybridized carbons (Fsp3) is 0.571.